The Bertz CT molecular complexity index is 212. The van der Waals surface area contributed by atoms with Crippen LogP contribution < -0.4 is 5.73 Å². The molecular weight excluding hydrogens is 148 g/mol. The Morgan fingerprint density at radius 3 is 2.00 bits per heavy atom. The maximum atomic E-state index is 5.30. The molecule has 0 rings (SSSR count). The Balaban J connectivity index is 5.01. The van der Waals surface area contributed by atoms with Crippen molar-refractivity contribution in [3.05, 3.63) is 48.9 Å². The fourth-order valence-electron chi connectivity index (χ4n) is 0.887. The summed E-state index contributed by atoms with van der Waals surface area (Å²) in [7, 11) is 3.89. The molecule has 2 nitrogen and oxygen atoms in total. The molecule has 0 radical (unpaired) electrons. The average Bonchev–Trinajstić information content (AvgIpc) is 2.05. The zero-order chi connectivity index (χ0) is 9.56. The second-order valence-electron chi connectivity index (χ2n) is 2.50. The molecule has 0 saturated heterocycles. The third-order valence-electron chi connectivity index (χ3n) is 1.47. The molecule has 0 bridgehead atoms. The van der Waals surface area contributed by atoms with Crippen molar-refractivity contribution < 1.29 is 0 Å². The largest absolute Gasteiger partial charge is 0.405 e. The van der Waals surface area contributed by atoms with Gasteiger partial charge in [0.05, 0.1) is 0 Å². The van der Waals surface area contributed by atoms with Crippen LogP contribution in [0.4, 0.5) is 0 Å². The summed E-state index contributed by atoms with van der Waals surface area (Å²) in [5.41, 5.74) is 7.28. The van der Waals surface area contributed by atoms with E-state index in [0.29, 0.717) is 0 Å². The van der Waals surface area contributed by atoms with Gasteiger partial charge in [0, 0.05) is 19.8 Å². The van der Waals surface area contributed by atoms with E-state index < -0.39 is 0 Å². The maximum absolute atomic E-state index is 5.30. The van der Waals surface area contributed by atoms with Gasteiger partial charge in [0.25, 0.3) is 0 Å². The number of hydrogen-bond acceptors (Lipinski definition) is 2. The molecule has 2 heteroatoms. The highest BCUT2D eigenvalue weighted by atomic mass is 15.1. The quantitative estimate of drug-likeness (QED) is 0.640. The van der Waals surface area contributed by atoms with Crippen LogP contribution in [0.25, 0.3) is 0 Å². The van der Waals surface area contributed by atoms with Crippen LogP contribution in [-0.2, 0) is 0 Å². The highest BCUT2D eigenvalue weighted by Crippen LogP contribution is 2.10. The van der Waals surface area contributed by atoms with Crippen LogP contribution in [0.2, 0.25) is 0 Å². The van der Waals surface area contributed by atoms with Gasteiger partial charge in [0.2, 0.25) is 0 Å². The molecule has 66 valence electrons. The molecule has 0 aliphatic carbocycles. The number of hydrogen-bond donors (Lipinski definition) is 1. The van der Waals surface area contributed by atoms with Crippen LogP contribution in [0, 0.1) is 0 Å². The van der Waals surface area contributed by atoms with Crippen LogP contribution >= 0.6 is 0 Å². The Hall–Kier alpha value is -1.44. The molecule has 12 heavy (non-hydrogen) atoms. The summed E-state index contributed by atoms with van der Waals surface area (Å²) in [5.74, 6) is 0. The smallest absolute Gasteiger partial charge is 0.0448 e. The average molecular weight is 164 g/mol. The van der Waals surface area contributed by atoms with Gasteiger partial charge in [-0.1, -0.05) is 25.3 Å². The van der Waals surface area contributed by atoms with Crippen LogP contribution in [0.3, 0.4) is 0 Å². The number of rotatable bonds is 4. The Labute approximate surface area is 74.4 Å². The molecule has 0 aliphatic heterocycles. The lowest BCUT2D eigenvalue weighted by atomic mass is 10.2. The van der Waals surface area contributed by atoms with Gasteiger partial charge >= 0.3 is 0 Å². The third-order valence-corrected chi connectivity index (χ3v) is 1.47. The number of nitrogens with two attached hydrogens (primary N) is 1. The summed E-state index contributed by atoms with van der Waals surface area (Å²) < 4.78 is 0. The highest BCUT2D eigenvalue weighted by molar-refractivity contribution is 5.37. The van der Waals surface area contributed by atoms with E-state index in [1.54, 1.807) is 12.2 Å². The second-order valence-corrected chi connectivity index (χ2v) is 2.50. The summed E-state index contributed by atoms with van der Waals surface area (Å²) in [6, 6.07) is 0. The van der Waals surface area contributed by atoms with E-state index in [4.69, 9.17) is 5.73 Å². The van der Waals surface area contributed by atoms with Crippen molar-refractivity contribution in [1.29, 1.82) is 0 Å². The predicted octanol–water partition coefficient (Wildman–Crippen LogP) is 1.65. The lowest BCUT2D eigenvalue weighted by Crippen LogP contribution is -2.11. The van der Waals surface area contributed by atoms with Crippen LogP contribution in [0.15, 0.2) is 48.9 Å². The third kappa shape index (κ3) is 2.66. The molecular formula is C10H16N2. The van der Waals surface area contributed by atoms with Gasteiger partial charge in [-0.2, -0.15) is 0 Å². The van der Waals surface area contributed by atoms with Gasteiger partial charge in [-0.05, 0) is 17.8 Å². The first-order chi connectivity index (χ1) is 5.67. The van der Waals surface area contributed by atoms with E-state index in [2.05, 4.69) is 13.2 Å². The molecule has 0 aromatic heterocycles. The van der Waals surface area contributed by atoms with Gasteiger partial charge in [-0.3, -0.25) is 0 Å². The Morgan fingerprint density at radius 1 is 1.25 bits per heavy atom. The molecule has 0 saturated carbocycles. The molecule has 0 amide bonds. The number of nitrogens with zero attached hydrogens (tertiary/aromatic N) is 1. The monoisotopic (exact) mass is 164 g/mol. The molecule has 2 N–H and O–H groups in total. The molecule has 0 aliphatic rings. The van der Waals surface area contributed by atoms with E-state index >= 15 is 0 Å². The van der Waals surface area contributed by atoms with E-state index in [9.17, 15) is 0 Å². The summed E-state index contributed by atoms with van der Waals surface area (Å²) in [4.78, 5) is 1.96. The lowest BCUT2D eigenvalue weighted by Gasteiger charge is -2.15. The van der Waals surface area contributed by atoms with Gasteiger partial charge in [0.1, 0.15) is 0 Å². The van der Waals surface area contributed by atoms with Crippen molar-refractivity contribution in [1.82, 2.24) is 4.90 Å². The number of allylic oxidation sites excluding steroid dienone is 4. The van der Waals surface area contributed by atoms with Crippen molar-refractivity contribution in [3.8, 4) is 0 Å². The number of likely N-dealkylation sites (N-methyl/N-ethyl adjacent to an activating group) is 1. The standard InChI is InChI=1S/C10H16N2/c1-5-9(6-2)10(7-8-11)12(3)4/h5-8H,1-2,11H2,3-4H3/b8-7-. The van der Waals surface area contributed by atoms with Crippen LogP contribution in [-0.4, -0.2) is 19.0 Å². The minimum atomic E-state index is 0.974. The molecule has 0 aromatic rings. The summed E-state index contributed by atoms with van der Waals surface area (Å²) in [5, 5.41) is 0. The van der Waals surface area contributed by atoms with Gasteiger partial charge in [-0.25, -0.2) is 0 Å². The molecule has 0 heterocycles. The first-order valence-electron chi connectivity index (χ1n) is 3.72. The van der Waals surface area contributed by atoms with Gasteiger partial charge in [0.15, 0.2) is 0 Å². The van der Waals surface area contributed by atoms with Crippen molar-refractivity contribution in [2.24, 2.45) is 5.73 Å². The summed E-state index contributed by atoms with van der Waals surface area (Å²) in [6.07, 6.45) is 6.83. The predicted molar refractivity (Wildman–Crippen MR) is 54.4 cm³/mol. The van der Waals surface area contributed by atoms with Gasteiger partial charge in [-0.15, -0.1) is 0 Å². The second kappa shape index (κ2) is 5.24. The summed E-state index contributed by atoms with van der Waals surface area (Å²) in [6.45, 7) is 7.37. The lowest BCUT2D eigenvalue weighted by molar-refractivity contribution is 0.527. The van der Waals surface area contributed by atoms with Gasteiger partial charge < -0.3 is 10.6 Å². The Morgan fingerprint density at radius 2 is 1.75 bits per heavy atom. The highest BCUT2D eigenvalue weighted by Gasteiger charge is 1.98. The minimum absolute atomic E-state index is 0.974. The maximum Gasteiger partial charge on any atom is 0.0448 e. The normalized spacial score (nSPS) is 9.50. The fraction of sp³-hybridized carbons (Fsp3) is 0.200. The van der Waals surface area contributed by atoms with Crippen LogP contribution in [0.5, 0.6) is 0 Å². The van der Waals surface area contributed by atoms with Crippen molar-refractivity contribution in [3.63, 3.8) is 0 Å². The van der Waals surface area contributed by atoms with E-state index in [-0.39, 0.29) is 0 Å². The fourth-order valence-corrected chi connectivity index (χ4v) is 0.887. The van der Waals surface area contributed by atoms with E-state index in [0.717, 1.165) is 11.3 Å². The van der Waals surface area contributed by atoms with Crippen molar-refractivity contribution in [2.75, 3.05) is 14.1 Å². The van der Waals surface area contributed by atoms with Crippen LogP contribution in [0.1, 0.15) is 0 Å². The zero-order valence-corrected chi connectivity index (χ0v) is 7.75. The molecule has 0 fully saturated rings. The Kier molecular flexibility index (Phi) is 4.61. The molecule has 0 unspecified atom stereocenters. The summed E-state index contributed by atoms with van der Waals surface area (Å²) >= 11 is 0. The first-order valence-corrected chi connectivity index (χ1v) is 3.72. The van der Waals surface area contributed by atoms with E-state index in [1.165, 1.54) is 6.20 Å². The molecule has 0 spiro atoms. The topological polar surface area (TPSA) is 29.3 Å². The van der Waals surface area contributed by atoms with E-state index in [1.807, 2.05) is 25.1 Å². The minimum Gasteiger partial charge on any atom is -0.405 e. The first kappa shape index (κ1) is 10.6. The molecule has 0 atom stereocenters. The molecule has 0 aromatic carbocycles. The van der Waals surface area contributed by atoms with Crippen molar-refractivity contribution >= 4 is 0 Å². The van der Waals surface area contributed by atoms with Crippen molar-refractivity contribution in [2.45, 2.75) is 0 Å². The zero-order valence-electron chi connectivity index (χ0n) is 7.75. The SMILES string of the molecule is C=CC(C=C)=C(/C=C\N)N(C)C.